The van der Waals surface area contributed by atoms with Crippen LogP contribution in [0.1, 0.15) is 18.4 Å². The number of aryl methyl sites for hydroxylation is 1. The second-order valence-electron chi connectivity index (χ2n) is 7.65. The zero-order valence-electron chi connectivity index (χ0n) is 16.8. The Kier molecular flexibility index (Phi) is 6.59. The lowest BCUT2D eigenvalue weighted by atomic mass is 10.2. The molecule has 1 amide bonds. The molecule has 1 aromatic heterocycles. The van der Waals surface area contributed by atoms with Crippen LogP contribution in [-0.2, 0) is 17.9 Å². The predicted octanol–water partition coefficient (Wildman–Crippen LogP) is 3.28. The molecular formula is C23H25BrN4O2. The highest BCUT2D eigenvalue weighted by atomic mass is 79.9. The smallest absolute Gasteiger partial charge is 0.261 e. The van der Waals surface area contributed by atoms with Crippen LogP contribution < -0.4 is 5.56 Å². The van der Waals surface area contributed by atoms with Crippen LogP contribution in [0.3, 0.4) is 0 Å². The molecule has 7 heteroatoms. The lowest BCUT2D eigenvalue weighted by Gasteiger charge is -2.22. The van der Waals surface area contributed by atoms with Gasteiger partial charge < -0.3 is 4.90 Å². The quantitative estimate of drug-likeness (QED) is 0.576. The van der Waals surface area contributed by atoms with Gasteiger partial charge in [-0.3, -0.25) is 19.1 Å². The van der Waals surface area contributed by atoms with Crippen LogP contribution in [0.4, 0.5) is 0 Å². The normalized spacial score (nSPS) is 15.3. The van der Waals surface area contributed by atoms with Crippen molar-refractivity contribution in [1.82, 2.24) is 19.4 Å². The maximum absolute atomic E-state index is 12.8. The summed E-state index contributed by atoms with van der Waals surface area (Å²) in [5.41, 5.74) is 1.85. The van der Waals surface area contributed by atoms with Crippen molar-refractivity contribution in [3.8, 4) is 0 Å². The van der Waals surface area contributed by atoms with Crippen LogP contribution in [0.5, 0.6) is 0 Å². The van der Waals surface area contributed by atoms with Crippen molar-refractivity contribution < 1.29 is 4.79 Å². The number of benzene rings is 2. The first-order valence-electron chi connectivity index (χ1n) is 10.3. The van der Waals surface area contributed by atoms with Gasteiger partial charge in [0.1, 0.15) is 0 Å². The van der Waals surface area contributed by atoms with Crippen molar-refractivity contribution >= 4 is 32.7 Å². The first-order valence-corrected chi connectivity index (χ1v) is 11.1. The molecule has 0 N–H and O–H groups in total. The third kappa shape index (κ3) is 4.96. The molecule has 1 fully saturated rings. The summed E-state index contributed by atoms with van der Waals surface area (Å²) in [5, 5.41) is 0.561. The van der Waals surface area contributed by atoms with E-state index in [-0.39, 0.29) is 11.5 Å². The van der Waals surface area contributed by atoms with Gasteiger partial charge >= 0.3 is 0 Å². The second-order valence-corrected chi connectivity index (χ2v) is 8.57. The molecule has 1 saturated heterocycles. The number of nitrogens with zero attached hydrogens (tertiary/aromatic N) is 4. The highest BCUT2D eigenvalue weighted by molar-refractivity contribution is 9.10. The third-order valence-corrected chi connectivity index (χ3v) is 6.04. The standard InChI is InChI=1S/C23H25BrN4O2/c24-19-7-8-21-20(15-19)23(30)28(17-25-21)12-9-22(29)27-11-4-10-26(13-14-27)16-18-5-2-1-3-6-18/h1-3,5-8,15,17H,4,9-14,16H2. The highest BCUT2D eigenvalue weighted by Gasteiger charge is 2.19. The fourth-order valence-electron chi connectivity index (χ4n) is 3.88. The van der Waals surface area contributed by atoms with Gasteiger partial charge in [-0.1, -0.05) is 46.3 Å². The van der Waals surface area contributed by atoms with E-state index in [2.05, 4.69) is 50.1 Å². The van der Waals surface area contributed by atoms with E-state index in [0.717, 1.165) is 43.6 Å². The molecule has 3 aromatic rings. The van der Waals surface area contributed by atoms with E-state index in [1.54, 1.807) is 6.07 Å². The van der Waals surface area contributed by atoms with Crippen molar-refractivity contribution in [1.29, 1.82) is 0 Å². The van der Waals surface area contributed by atoms with E-state index in [1.807, 2.05) is 23.1 Å². The zero-order chi connectivity index (χ0) is 20.9. The fraction of sp³-hybridized carbons (Fsp3) is 0.348. The largest absolute Gasteiger partial charge is 0.341 e. The predicted molar refractivity (Wildman–Crippen MR) is 121 cm³/mol. The molecule has 4 rings (SSSR count). The van der Waals surface area contributed by atoms with Gasteiger partial charge in [0.05, 0.1) is 17.2 Å². The zero-order valence-corrected chi connectivity index (χ0v) is 18.4. The minimum absolute atomic E-state index is 0.0952. The van der Waals surface area contributed by atoms with Crippen molar-refractivity contribution in [3.63, 3.8) is 0 Å². The Balaban J connectivity index is 1.35. The topological polar surface area (TPSA) is 58.4 Å². The SMILES string of the molecule is O=C(CCn1cnc2ccc(Br)cc2c1=O)N1CCCN(Cc2ccccc2)CC1. The van der Waals surface area contributed by atoms with Gasteiger partial charge in [0.15, 0.2) is 0 Å². The summed E-state index contributed by atoms with van der Waals surface area (Å²) in [6.45, 7) is 4.60. The third-order valence-electron chi connectivity index (χ3n) is 5.54. The van der Waals surface area contributed by atoms with E-state index in [9.17, 15) is 9.59 Å². The lowest BCUT2D eigenvalue weighted by Crippen LogP contribution is -2.36. The van der Waals surface area contributed by atoms with Crippen molar-refractivity contribution in [2.45, 2.75) is 25.9 Å². The van der Waals surface area contributed by atoms with E-state index in [0.29, 0.717) is 23.9 Å². The fourth-order valence-corrected chi connectivity index (χ4v) is 4.25. The molecule has 2 heterocycles. The Hall–Kier alpha value is -2.51. The molecule has 30 heavy (non-hydrogen) atoms. The summed E-state index contributed by atoms with van der Waals surface area (Å²) in [7, 11) is 0. The van der Waals surface area contributed by atoms with E-state index in [1.165, 1.54) is 16.5 Å². The molecule has 0 atom stereocenters. The van der Waals surface area contributed by atoms with Gasteiger partial charge in [-0.05, 0) is 30.2 Å². The molecule has 0 bridgehead atoms. The Labute approximate surface area is 184 Å². The van der Waals surface area contributed by atoms with Crippen molar-refractivity contribution in [2.24, 2.45) is 0 Å². The van der Waals surface area contributed by atoms with Crippen molar-refractivity contribution in [3.05, 3.63) is 75.2 Å². The highest BCUT2D eigenvalue weighted by Crippen LogP contribution is 2.15. The van der Waals surface area contributed by atoms with Crippen LogP contribution in [0, 0.1) is 0 Å². The first kappa shape index (κ1) is 20.8. The average molecular weight is 469 g/mol. The summed E-state index contributed by atoms with van der Waals surface area (Å²) >= 11 is 3.40. The number of amides is 1. The summed E-state index contributed by atoms with van der Waals surface area (Å²) in [6.07, 6.45) is 2.81. The molecule has 156 valence electrons. The molecule has 0 aliphatic carbocycles. The van der Waals surface area contributed by atoms with Gasteiger partial charge in [-0.15, -0.1) is 0 Å². The van der Waals surface area contributed by atoms with Gasteiger partial charge in [-0.2, -0.15) is 0 Å². The molecule has 0 unspecified atom stereocenters. The number of carbonyl (C=O) groups is 1. The van der Waals surface area contributed by atoms with Crippen molar-refractivity contribution in [2.75, 3.05) is 26.2 Å². The van der Waals surface area contributed by atoms with Gasteiger partial charge in [0.25, 0.3) is 5.56 Å². The minimum Gasteiger partial charge on any atom is -0.341 e. The Bertz CT molecular complexity index is 1080. The van der Waals surface area contributed by atoms with E-state index >= 15 is 0 Å². The summed E-state index contributed by atoms with van der Waals surface area (Å²) in [4.78, 5) is 34.2. The molecule has 0 radical (unpaired) electrons. The first-order chi connectivity index (χ1) is 14.6. The summed E-state index contributed by atoms with van der Waals surface area (Å²) in [6, 6.07) is 15.9. The molecular weight excluding hydrogens is 444 g/mol. The van der Waals surface area contributed by atoms with Gasteiger partial charge in [0, 0.05) is 50.2 Å². The van der Waals surface area contributed by atoms with Crippen LogP contribution in [0.15, 0.2) is 64.1 Å². The number of hydrogen-bond acceptors (Lipinski definition) is 4. The molecule has 6 nitrogen and oxygen atoms in total. The number of carbonyl (C=O) groups excluding carboxylic acids is 1. The van der Waals surface area contributed by atoms with Gasteiger partial charge in [0.2, 0.25) is 5.91 Å². The molecule has 1 aliphatic rings. The Morgan fingerprint density at radius 3 is 2.70 bits per heavy atom. The van der Waals surface area contributed by atoms with Crippen LogP contribution >= 0.6 is 15.9 Å². The summed E-state index contributed by atoms with van der Waals surface area (Å²) < 4.78 is 2.37. The maximum Gasteiger partial charge on any atom is 0.261 e. The Morgan fingerprint density at radius 1 is 1.03 bits per heavy atom. The van der Waals surface area contributed by atoms with Crippen LogP contribution in [0.25, 0.3) is 10.9 Å². The summed E-state index contributed by atoms with van der Waals surface area (Å²) in [5.74, 6) is 0.0952. The number of aromatic nitrogens is 2. The lowest BCUT2D eigenvalue weighted by molar-refractivity contribution is -0.131. The number of rotatable bonds is 5. The number of hydrogen-bond donors (Lipinski definition) is 0. The second kappa shape index (κ2) is 9.53. The molecule has 0 spiro atoms. The number of fused-ring (bicyclic) bond motifs is 1. The van der Waals surface area contributed by atoms with Crippen LogP contribution in [0.2, 0.25) is 0 Å². The van der Waals surface area contributed by atoms with Gasteiger partial charge in [-0.25, -0.2) is 4.98 Å². The van der Waals surface area contributed by atoms with E-state index in [4.69, 9.17) is 0 Å². The number of halogens is 1. The average Bonchev–Trinajstić information content (AvgIpc) is 3.00. The monoisotopic (exact) mass is 468 g/mol. The molecule has 1 aliphatic heterocycles. The van der Waals surface area contributed by atoms with Crippen LogP contribution in [-0.4, -0.2) is 51.4 Å². The minimum atomic E-state index is -0.112. The Morgan fingerprint density at radius 2 is 1.87 bits per heavy atom. The maximum atomic E-state index is 12.8. The molecule has 0 saturated carbocycles. The molecule has 2 aromatic carbocycles. The van der Waals surface area contributed by atoms with E-state index < -0.39 is 0 Å².